The smallest absolute Gasteiger partial charge is 0.284 e. The number of thioether (sulfide) groups is 1. The molecule has 8 heteroatoms. The second kappa shape index (κ2) is 6.48. The van der Waals surface area contributed by atoms with Crippen molar-refractivity contribution in [3.63, 3.8) is 0 Å². The molecule has 0 spiro atoms. The quantitative estimate of drug-likeness (QED) is 0.654. The van der Waals surface area contributed by atoms with E-state index >= 15 is 0 Å². The van der Waals surface area contributed by atoms with Crippen LogP contribution >= 0.6 is 11.8 Å². The molecule has 6 nitrogen and oxygen atoms in total. The molecule has 0 radical (unpaired) electrons. The van der Waals surface area contributed by atoms with Crippen molar-refractivity contribution in [1.29, 1.82) is 0 Å². The molecule has 1 aromatic carbocycles. The lowest BCUT2D eigenvalue weighted by molar-refractivity contribution is -0.114. The maximum atomic E-state index is 12.1. The van der Waals surface area contributed by atoms with Crippen LogP contribution in [0.1, 0.15) is 27.7 Å². The van der Waals surface area contributed by atoms with Crippen molar-refractivity contribution in [2.75, 3.05) is 5.32 Å². The van der Waals surface area contributed by atoms with E-state index in [-0.39, 0.29) is 20.7 Å². The van der Waals surface area contributed by atoms with Crippen molar-refractivity contribution in [2.45, 2.75) is 37.3 Å². The Balaban J connectivity index is 2.98. The summed E-state index contributed by atoms with van der Waals surface area (Å²) >= 11 is 1.18. The maximum Gasteiger partial charge on any atom is 0.284 e. The molecule has 0 aliphatic heterocycles. The number of carbonyl (C=O) groups is 1. The van der Waals surface area contributed by atoms with Gasteiger partial charge in [-0.3, -0.25) is 4.79 Å². The second-order valence-electron chi connectivity index (χ2n) is 5.32. The number of nitrogens with zero attached hydrogens (tertiary/aromatic N) is 1. The molecule has 0 saturated heterocycles. The summed E-state index contributed by atoms with van der Waals surface area (Å²) in [5, 5.41) is 2.55. The van der Waals surface area contributed by atoms with Crippen molar-refractivity contribution < 1.29 is 13.2 Å². The summed E-state index contributed by atoms with van der Waals surface area (Å²) in [5.74, 6) is -0.227. The van der Waals surface area contributed by atoms with E-state index in [2.05, 4.69) is 9.71 Å². The number of benzene rings is 1. The summed E-state index contributed by atoms with van der Waals surface area (Å²) < 4.78 is 27.6. The minimum absolute atomic E-state index is 0.00608. The number of amides is 1. The molecule has 0 unspecified atom stereocenters. The standard InChI is InChI=1S/C13H19N3O3S2/c1-9(17)15-10-5-7-11(8-6-10)21(18,19)16-12(14)20-13(2,3)4/h5-8H,1-4H3,(H2,14,16)(H,15,17). The van der Waals surface area contributed by atoms with Gasteiger partial charge >= 0.3 is 0 Å². The van der Waals surface area contributed by atoms with Crippen LogP contribution in [0, 0.1) is 0 Å². The van der Waals surface area contributed by atoms with E-state index in [1.165, 1.54) is 43.0 Å². The average Bonchev–Trinajstić information content (AvgIpc) is 2.24. The fraction of sp³-hybridized carbons (Fsp3) is 0.385. The molecule has 116 valence electrons. The molecule has 0 aliphatic carbocycles. The van der Waals surface area contributed by atoms with Gasteiger partial charge in [0.2, 0.25) is 5.91 Å². The molecule has 3 N–H and O–H groups in total. The molecule has 0 atom stereocenters. The van der Waals surface area contributed by atoms with Gasteiger partial charge in [0.25, 0.3) is 10.0 Å². The first-order chi connectivity index (χ1) is 9.49. The van der Waals surface area contributed by atoms with Gasteiger partial charge < -0.3 is 11.1 Å². The number of sulfonamides is 1. The van der Waals surface area contributed by atoms with Crippen LogP contribution < -0.4 is 11.1 Å². The van der Waals surface area contributed by atoms with Crippen molar-refractivity contribution in [2.24, 2.45) is 10.1 Å². The van der Waals surface area contributed by atoms with Gasteiger partial charge in [0.05, 0.1) is 4.90 Å². The normalized spacial score (nSPS) is 13.0. The van der Waals surface area contributed by atoms with Crippen LogP contribution in [-0.2, 0) is 14.8 Å². The van der Waals surface area contributed by atoms with Gasteiger partial charge in [-0.2, -0.15) is 8.42 Å². The highest BCUT2D eigenvalue weighted by atomic mass is 32.2. The van der Waals surface area contributed by atoms with Crippen molar-refractivity contribution in [3.8, 4) is 0 Å². The number of nitrogens with one attached hydrogen (secondary N) is 1. The summed E-state index contributed by atoms with van der Waals surface area (Å²) in [6.07, 6.45) is 0. The van der Waals surface area contributed by atoms with Crippen LogP contribution in [0.25, 0.3) is 0 Å². The lowest BCUT2D eigenvalue weighted by Gasteiger charge is -2.16. The Labute approximate surface area is 129 Å². The molecule has 0 fully saturated rings. The summed E-state index contributed by atoms with van der Waals surface area (Å²) in [6, 6.07) is 5.74. The first kappa shape index (κ1) is 17.5. The summed E-state index contributed by atoms with van der Waals surface area (Å²) in [5.41, 5.74) is 6.17. The predicted molar refractivity (Wildman–Crippen MR) is 86.9 cm³/mol. The summed E-state index contributed by atoms with van der Waals surface area (Å²) in [4.78, 5) is 10.9. The van der Waals surface area contributed by atoms with E-state index in [4.69, 9.17) is 5.73 Å². The van der Waals surface area contributed by atoms with Gasteiger partial charge in [0, 0.05) is 17.4 Å². The molecule has 1 aromatic rings. The van der Waals surface area contributed by atoms with Crippen LogP contribution in [0.4, 0.5) is 5.69 Å². The third-order valence-electron chi connectivity index (χ3n) is 2.09. The molecule has 0 aromatic heterocycles. The highest BCUT2D eigenvalue weighted by Crippen LogP contribution is 2.24. The van der Waals surface area contributed by atoms with E-state index < -0.39 is 10.0 Å². The zero-order valence-electron chi connectivity index (χ0n) is 12.4. The number of hydrogen-bond acceptors (Lipinski definition) is 4. The fourth-order valence-corrected chi connectivity index (χ4v) is 3.31. The van der Waals surface area contributed by atoms with Crippen LogP contribution in [0.5, 0.6) is 0 Å². The monoisotopic (exact) mass is 329 g/mol. The minimum atomic E-state index is -3.85. The molecule has 0 heterocycles. The van der Waals surface area contributed by atoms with Crippen LogP contribution in [0.15, 0.2) is 33.6 Å². The van der Waals surface area contributed by atoms with E-state index in [0.717, 1.165) is 0 Å². The molecule has 0 saturated carbocycles. The molecule has 0 bridgehead atoms. The first-order valence-corrected chi connectivity index (χ1v) is 8.42. The molecule has 21 heavy (non-hydrogen) atoms. The average molecular weight is 329 g/mol. The lowest BCUT2D eigenvalue weighted by atomic mass is 10.3. The van der Waals surface area contributed by atoms with Gasteiger partial charge in [0.15, 0.2) is 5.17 Å². The summed E-state index contributed by atoms with van der Waals surface area (Å²) in [6.45, 7) is 7.11. The predicted octanol–water partition coefficient (Wildman–Crippen LogP) is 2.18. The Morgan fingerprint density at radius 2 is 1.76 bits per heavy atom. The van der Waals surface area contributed by atoms with Crippen molar-refractivity contribution in [3.05, 3.63) is 24.3 Å². The van der Waals surface area contributed by atoms with Gasteiger partial charge in [-0.1, -0.05) is 32.5 Å². The maximum absolute atomic E-state index is 12.1. The highest BCUT2D eigenvalue weighted by molar-refractivity contribution is 8.15. The third-order valence-corrected chi connectivity index (χ3v) is 4.43. The van der Waals surface area contributed by atoms with E-state index in [1.807, 2.05) is 20.8 Å². The van der Waals surface area contributed by atoms with Gasteiger partial charge in [-0.05, 0) is 24.3 Å². The van der Waals surface area contributed by atoms with E-state index in [1.54, 1.807) is 0 Å². The fourth-order valence-electron chi connectivity index (χ4n) is 1.42. The number of carbonyl (C=O) groups excluding carboxylic acids is 1. The minimum Gasteiger partial charge on any atom is -0.378 e. The first-order valence-electron chi connectivity index (χ1n) is 6.17. The van der Waals surface area contributed by atoms with Crippen LogP contribution in [-0.4, -0.2) is 24.2 Å². The second-order valence-corrected chi connectivity index (χ2v) is 8.78. The third kappa shape index (κ3) is 6.17. The van der Waals surface area contributed by atoms with Crippen LogP contribution in [0.2, 0.25) is 0 Å². The Hall–Kier alpha value is -1.54. The zero-order chi connectivity index (χ0) is 16.3. The molecular weight excluding hydrogens is 310 g/mol. The summed E-state index contributed by atoms with van der Waals surface area (Å²) in [7, 11) is -3.85. The SMILES string of the molecule is CC(=O)Nc1ccc(S(=O)(=O)/N=C(\N)SC(C)(C)C)cc1. The topological polar surface area (TPSA) is 102 Å². The Kier molecular flexibility index (Phi) is 5.41. The number of amidine groups is 1. The molecule has 1 amide bonds. The Morgan fingerprint density at radius 3 is 2.19 bits per heavy atom. The van der Waals surface area contributed by atoms with Crippen molar-refractivity contribution in [1.82, 2.24) is 0 Å². The van der Waals surface area contributed by atoms with Crippen LogP contribution in [0.3, 0.4) is 0 Å². The van der Waals surface area contributed by atoms with Crippen molar-refractivity contribution >= 4 is 38.5 Å². The Bertz CT molecular complexity index is 644. The van der Waals surface area contributed by atoms with Gasteiger partial charge in [-0.15, -0.1) is 4.40 Å². The molecular formula is C13H19N3O3S2. The van der Waals surface area contributed by atoms with E-state index in [9.17, 15) is 13.2 Å². The van der Waals surface area contributed by atoms with Gasteiger partial charge in [-0.25, -0.2) is 0 Å². The van der Waals surface area contributed by atoms with E-state index in [0.29, 0.717) is 5.69 Å². The number of rotatable bonds is 3. The zero-order valence-corrected chi connectivity index (χ0v) is 14.0. The highest BCUT2D eigenvalue weighted by Gasteiger charge is 2.18. The largest absolute Gasteiger partial charge is 0.378 e. The number of anilines is 1. The Morgan fingerprint density at radius 1 is 1.24 bits per heavy atom. The number of hydrogen-bond donors (Lipinski definition) is 2. The lowest BCUT2D eigenvalue weighted by Crippen LogP contribution is -2.19. The molecule has 0 aliphatic rings. The number of nitrogens with two attached hydrogens (primary N) is 1. The van der Waals surface area contributed by atoms with Gasteiger partial charge in [0.1, 0.15) is 0 Å². The molecule has 1 rings (SSSR count).